The first-order valence-electron chi connectivity index (χ1n) is 6.68. The van der Waals surface area contributed by atoms with Crippen LogP contribution >= 0.6 is 0 Å². The summed E-state index contributed by atoms with van der Waals surface area (Å²) in [5.74, 6) is 0.00794. The SMILES string of the molecule is CC(=O)c1cc([N+](=O)[O-])ccc1N1CCCC(CO)C1. The van der Waals surface area contributed by atoms with Gasteiger partial charge in [0.15, 0.2) is 5.78 Å². The van der Waals surface area contributed by atoms with Crippen molar-refractivity contribution >= 4 is 17.2 Å². The molecular weight excluding hydrogens is 260 g/mol. The van der Waals surface area contributed by atoms with Crippen molar-refractivity contribution in [3.63, 3.8) is 0 Å². The highest BCUT2D eigenvalue weighted by atomic mass is 16.6. The van der Waals surface area contributed by atoms with Gasteiger partial charge in [-0.3, -0.25) is 14.9 Å². The van der Waals surface area contributed by atoms with Crippen LogP contribution < -0.4 is 4.90 Å². The van der Waals surface area contributed by atoms with E-state index in [0.717, 1.165) is 25.1 Å². The lowest BCUT2D eigenvalue weighted by Gasteiger charge is -2.34. The molecule has 1 saturated heterocycles. The highest BCUT2D eigenvalue weighted by molar-refractivity contribution is 6.00. The molecule has 0 aromatic heterocycles. The monoisotopic (exact) mass is 278 g/mol. The summed E-state index contributed by atoms with van der Waals surface area (Å²) < 4.78 is 0. The van der Waals surface area contributed by atoms with E-state index in [2.05, 4.69) is 0 Å². The molecule has 1 aliphatic rings. The number of rotatable bonds is 4. The van der Waals surface area contributed by atoms with Crippen LogP contribution in [0.4, 0.5) is 11.4 Å². The summed E-state index contributed by atoms with van der Waals surface area (Å²) in [6, 6.07) is 4.39. The Hall–Kier alpha value is -1.95. The zero-order valence-corrected chi connectivity index (χ0v) is 11.4. The molecule has 1 N–H and O–H groups in total. The number of nitro benzene ring substituents is 1. The zero-order valence-electron chi connectivity index (χ0n) is 11.4. The molecule has 0 amide bonds. The number of anilines is 1. The summed E-state index contributed by atoms with van der Waals surface area (Å²) >= 11 is 0. The fourth-order valence-electron chi connectivity index (χ4n) is 2.63. The summed E-state index contributed by atoms with van der Waals surface area (Å²) in [7, 11) is 0. The lowest BCUT2D eigenvalue weighted by Crippen LogP contribution is -2.37. The largest absolute Gasteiger partial charge is 0.396 e. The number of hydrogen-bond donors (Lipinski definition) is 1. The zero-order chi connectivity index (χ0) is 14.7. The van der Waals surface area contributed by atoms with Gasteiger partial charge in [-0.25, -0.2) is 0 Å². The Bertz CT molecular complexity index is 530. The van der Waals surface area contributed by atoms with Gasteiger partial charge in [0.25, 0.3) is 5.69 Å². The number of ketones is 1. The van der Waals surface area contributed by atoms with Gasteiger partial charge >= 0.3 is 0 Å². The van der Waals surface area contributed by atoms with Gasteiger partial charge in [0.1, 0.15) is 0 Å². The second-order valence-electron chi connectivity index (χ2n) is 5.15. The number of aliphatic hydroxyl groups excluding tert-OH is 1. The molecule has 6 nitrogen and oxygen atoms in total. The maximum Gasteiger partial charge on any atom is 0.270 e. The number of aliphatic hydroxyl groups is 1. The van der Waals surface area contributed by atoms with Crippen LogP contribution in [0.5, 0.6) is 0 Å². The van der Waals surface area contributed by atoms with E-state index in [0.29, 0.717) is 12.1 Å². The molecule has 1 aromatic carbocycles. The minimum atomic E-state index is -0.497. The Labute approximate surface area is 117 Å². The number of piperidine rings is 1. The van der Waals surface area contributed by atoms with E-state index in [1.54, 1.807) is 6.07 Å². The van der Waals surface area contributed by atoms with E-state index >= 15 is 0 Å². The van der Waals surface area contributed by atoms with Crippen molar-refractivity contribution in [3.05, 3.63) is 33.9 Å². The standard InChI is InChI=1S/C14H18N2O4/c1-10(18)13-7-12(16(19)20)4-5-14(13)15-6-2-3-11(8-15)9-17/h4-5,7,11,17H,2-3,6,8-9H2,1H3. The quantitative estimate of drug-likeness (QED) is 0.517. The van der Waals surface area contributed by atoms with Gasteiger partial charge < -0.3 is 10.0 Å². The molecule has 0 spiro atoms. The van der Waals surface area contributed by atoms with Crippen LogP contribution in [0.3, 0.4) is 0 Å². The molecular formula is C14H18N2O4. The normalized spacial score (nSPS) is 18.9. The number of nitrogens with zero attached hydrogens (tertiary/aromatic N) is 2. The topological polar surface area (TPSA) is 83.7 Å². The third-order valence-corrected chi connectivity index (χ3v) is 3.69. The second kappa shape index (κ2) is 6.00. The first-order valence-corrected chi connectivity index (χ1v) is 6.68. The first kappa shape index (κ1) is 14.5. The smallest absolute Gasteiger partial charge is 0.270 e. The molecule has 1 aromatic rings. The Balaban J connectivity index is 2.35. The number of benzene rings is 1. The van der Waals surface area contributed by atoms with Crippen molar-refractivity contribution in [2.24, 2.45) is 5.92 Å². The van der Waals surface area contributed by atoms with Crippen molar-refractivity contribution in [2.45, 2.75) is 19.8 Å². The summed E-state index contributed by atoms with van der Waals surface area (Å²) in [5.41, 5.74) is 1.02. The van der Waals surface area contributed by atoms with Gasteiger partial charge in [-0.2, -0.15) is 0 Å². The summed E-state index contributed by atoms with van der Waals surface area (Å²) in [6.45, 7) is 3.01. The van der Waals surface area contributed by atoms with Gasteiger partial charge in [-0.1, -0.05) is 0 Å². The maximum absolute atomic E-state index is 11.7. The molecule has 6 heteroatoms. The minimum Gasteiger partial charge on any atom is -0.396 e. The summed E-state index contributed by atoms with van der Waals surface area (Å²) in [4.78, 5) is 24.1. The van der Waals surface area contributed by atoms with Gasteiger partial charge in [0.2, 0.25) is 0 Å². The first-order chi connectivity index (χ1) is 9.52. The fraction of sp³-hybridized carbons (Fsp3) is 0.500. The Morgan fingerprint density at radius 2 is 2.30 bits per heavy atom. The predicted octanol–water partition coefficient (Wildman–Crippen LogP) is 2.01. The number of carbonyl (C=O) groups is 1. The maximum atomic E-state index is 11.7. The third kappa shape index (κ3) is 2.96. The van der Waals surface area contributed by atoms with Crippen LogP contribution in [-0.4, -0.2) is 35.5 Å². The van der Waals surface area contributed by atoms with E-state index in [4.69, 9.17) is 0 Å². The van der Waals surface area contributed by atoms with Crippen molar-refractivity contribution in [1.82, 2.24) is 0 Å². The van der Waals surface area contributed by atoms with E-state index < -0.39 is 4.92 Å². The van der Waals surface area contributed by atoms with Crippen LogP contribution in [0.2, 0.25) is 0 Å². The third-order valence-electron chi connectivity index (χ3n) is 3.69. The van der Waals surface area contributed by atoms with Crippen LogP contribution in [0, 0.1) is 16.0 Å². The van der Waals surface area contributed by atoms with Crippen molar-refractivity contribution in [3.8, 4) is 0 Å². The number of carbonyl (C=O) groups excluding carboxylic acids is 1. The van der Waals surface area contributed by atoms with Crippen LogP contribution in [0.1, 0.15) is 30.1 Å². The van der Waals surface area contributed by atoms with Crippen LogP contribution in [0.15, 0.2) is 18.2 Å². The molecule has 1 fully saturated rings. The lowest BCUT2D eigenvalue weighted by atomic mass is 9.97. The summed E-state index contributed by atoms with van der Waals surface area (Å²) in [5, 5.41) is 20.1. The van der Waals surface area contributed by atoms with Gasteiger partial charge in [-0.15, -0.1) is 0 Å². The van der Waals surface area contributed by atoms with E-state index in [9.17, 15) is 20.0 Å². The lowest BCUT2D eigenvalue weighted by molar-refractivity contribution is -0.384. The molecule has 108 valence electrons. The van der Waals surface area contributed by atoms with Gasteiger partial charge in [0.05, 0.1) is 4.92 Å². The molecule has 0 saturated carbocycles. The van der Waals surface area contributed by atoms with Crippen molar-refractivity contribution < 1.29 is 14.8 Å². The number of non-ortho nitro benzene ring substituents is 1. The number of Topliss-reactive ketones (excluding diaryl/α,β-unsaturated/α-hetero) is 1. The Kier molecular flexibility index (Phi) is 4.34. The molecule has 0 aliphatic carbocycles. The predicted molar refractivity (Wildman–Crippen MR) is 75.1 cm³/mol. The molecule has 20 heavy (non-hydrogen) atoms. The second-order valence-corrected chi connectivity index (χ2v) is 5.15. The molecule has 0 bridgehead atoms. The molecule has 2 rings (SSSR count). The fourth-order valence-corrected chi connectivity index (χ4v) is 2.63. The molecule has 1 atom stereocenters. The number of hydrogen-bond acceptors (Lipinski definition) is 5. The molecule has 1 heterocycles. The van der Waals surface area contributed by atoms with E-state index in [1.807, 2.05) is 4.90 Å². The van der Waals surface area contributed by atoms with Gasteiger partial charge in [-0.05, 0) is 31.7 Å². The Morgan fingerprint density at radius 1 is 1.55 bits per heavy atom. The van der Waals surface area contributed by atoms with Crippen molar-refractivity contribution in [1.29, 1.82) is 0 Å². The van der Waals surface area contributed by atoms with E-state index in [-0.39, 0.29) is 24.0 Å². The minimum absolute atomic E-state index is 0.0744. The molecule has 0 radical (unpaired) electrons. The van der Waals surface area contributed by atoms with Gasteiger partial charge in [0, 0.05) is 43.1 Å². The van der Waals surface area contributed by atoms with Crippen molar-refractivity contribution in [2.75, 3.05) is 24.6 Å². The highest BCUT2D eigenvalue weighted by Crippen LogP contribution is 2.29. The average Bonchev–Trinajstić information content (AvgIpc) is 2.46. The number of nitro groups is 1. The van der Waals surface area contributed by atoms with Crippen LogP contribution in [-0.2, 0) is 0 Å². The Morgan fingerprint density at radius 3 is 2.90 bits per heavy atom. The molecule has 1 aliphatic heterocycles. The molecule has 1 unspecified atom stereocenters. The summed E-state index contributed by atoms with van der Waals surface area (Å²) in [6.07, 6.45) is 1.91. The van der Waals surface area contributed by atoms with E-state index in [1.165, 1.54) is 19.1 Å². The average molecular weight is 278 g/mol. The highest BCUT2D eigenvalue weighted by Gasteiger charge is 2.23. The van der Waals surface area contributed by atoms with Crippen LogP contribution in [0.25, 0.3) is 0 Å².